The van der Waals surface area contributed by atoms with E-state index >= 15 is 0 Å². The van der Waals surface area contributed by atoms with E-state index in [-0.39, 0.29) is 19.1 Å². The molecule has 0 bridgehead atoms. The van der Waals surface area contributed by atoms with Crippen molar-refractivity contribution in [3.05, 3.63) is 35.9 Å². The van der Waals surface area contributed by atoms with Gasteiger partial charge in [0.1, 0.15) is 0 Å². The van der Waals surface area contributed by atoms with E-state index < -0.39 is 24.0 Å². The van der Waals surface area contributed by atoms with Crippen LogP contribution in [0, 0.1) is 5.92 Å². The molecule has 1 amide bonds. The van der Waals surface area contributed by atoms with Crippen molar-refractivity contribution in [1.29, 1.82) is 0 Å². The molecule has 21 heavy (non-hydrogen) atoms. The molecule has 1 aromatic carbocycles. The molecule has 3 unspecified atom stereocenters. The van der Waals surface area contributed by atoms with Gasteiger partial charge in [-0.3, -0.25) is 4.79 Å². The molecular weight excluding hydrogens is 272 g/mol. The maximum atomic E-state index is 12.5. The summed E-state index contributed by atoms with van der Waals surface area (Å²) in [5.41, 5.74) is 7.04. The van der Waals surface area contributed by atoms with Gasteiger partial charge < -0.3 is 20.5 Å². The van der Waals surface area contributed by atoms with Gasteiger partial charge in [0.25, 0.3) is 0 Å². The first-order chi connectivity index (χ1) is 10.0. The molecule has 0 aliphatic carbocycles. The predicted molar refractivity (Wildman–Crippen MR) is 76.5 cm³/mol. The molecule has 0 saturated carbocycles. The molecule has 2 rings (SSSR count). The van der Waals surface area contributed by atoms with Gasteiger partial charge in [-0.2, -0.15) is 0 Å². The van der Waals surface area contributed by atoms with E-state index in [0.29, 0.717) is 6.54 Å². The van der Waals surface area contributed by atoms with Gasteiger partial charge in [-0.15, -0.1) is 0 Å². The third-order valence-corrected chi connectivity index (χ3v) is 3.77. The van der Waals surface area contributed by atoms with Crippen molar-refractivity contribution < 1.29 is 19.4 Å². The Morgan fingerprint density at radius 1 is 1.38 bits per heavy atom. The number of carboxylic acids is 1. The van der Waals surface area contributed by atoms with Gasteiger partial charge in [0, 0.05) is 12.6 Å². The summed E-state index contributed by atoms with van der Waals surface area (Å²) in [6.45, 7) is 2.47. The minimum absolute atomic E-state index is 0.0695. The summed E-state index contributed by atoms with van der Waals surface area (Å²) in [6, 6.07) is 9.00. The second-order valence-corrected chi connectivity index (χ2v) is 5.21. The van der Waals surface area contributed by atoms with E-state index in [1.807, 2.05) is 30.3 Å². The van der Waals surface area contributed by atoms with Crippen LogP contribution < -0.4 is 5.73 Å². The van der Waals surface area contributed by atoms with E-state index in [0.717, 1.165) is 5.56 Å². The van der Waals surface area contributed by atoms with Crippen LogP contribution in [0.2, 0.25) is 0 Å². The number of nitrogens with two attached hydrogens (primary N) is 1. The average molecular weight is 292 g/mol. The molecule has 0 spiro atoms. The minimum atomic E-state index is -1.05. The summed E-state index contributed by atoms with van der Waals surface area (Å²) in [7, 11) is 0. The van der Waals surface area contributed by atoms with Crippen LogP contribution in [-0.2, 0) is 14.3 Å². The van der Waals surface area contributed by atoms with Crippen LogP contribution in [-0.4, -0.2) is 47.7 Å². The highest BCUT2D eigenvalue weighted by Crippen LogP contribution is 2.22. The molecule has 1 saturated heterocycles. The number of hydrogen-bond donors (Lipinski definition) is 2. The van der Waals surface area contributed by atoms with Gasteiger partial charge in [-0.25, -0.2) is 4.79 Å². The number of carbonyl (C=O) groups excluding carboxylic acids is 1. The summed E-state index contributed by atoms with van der Waals surface area (Å²) in [4.78, 5) is 25.0. The maximum Gasteiger partial charge on any atom is 0.334 e. The highest BCUT2D eigenvalue weighted by atomic mass is 16.5. The summed E-state index contributed by atoms with van der Waals surface area (Å²) in [5.74, 6) is -1.60. The molecule has 114 valence electrons. The van der Waals surface area contributed by atoms with E-state index in [2.05, 4.69) is 0 Å². The van der Waals surface area contributed by atoms with Gasteiger partial charge in [0.2, 0.25) is 5.91 Å². The molecule has 1 aliphatic rings. The summed E-state index contributed by atoms with van der Waals surface area (Å²) < 4.78 is 5.12. The second kappa shape index (κ2) is 6.69. The van der Waals surface area contributed by atoms with E-state index in [1.54, 1.807) is 6.92 Å². The monoisotopic (exact) mass is 292 g/mol. The number of benzene rings is 1. The number of ether oxygens (including phenoxy) is 1. The lowest BCUT2D eigenvalue weighted by Gasteiger charge is -2.34. The van der Waals surface area contributed by atoms with Crippen LogP contribution in [0.3, 0.4) is 0 Å². The first-order valence-corrected chi connectivity index (χ1v) is 6.94. The van der Waals surface area contributed by atoms with Crippen molar-refractivity contribution in [2.45, 2.75) is 19.1 Å². The van der Waals surface area contributed by atoms with Crippen molar-refractivity contribution in [2.75, 3.05) is 19.7 Å². The van der Waals surface area contributed by atoms with E-state index in [4.69, 9.17) is 15.6 Å². The van der Waals surface area contributed by atoms with Crippen molar-refractivity contribution >= 4 is 11.9 Å². The number of carboxylic acid groups (broad SMARTS) is 1. The lowest BCUT2D eigenvalue weighted by molar-refractivity contribution is -0.160. The molecule has 3 N–H and O–H groups in total. The zero-order chi connectivity index (χ0) is 15.4. The molecule has 0 radical (unpaired) electrons. The van der Waals surface area contributed by atoms with E-state index in [9.17, 15) is 9.59 Å². The fraction of sp³-hybridized carbons (Fsp3) is 0.467. The number of carbonyl (C=O) groups is 2. The van der Waals surface area contributed by atoms with Gasteiger partial charge in [0.15, 0.2) is 6.10 Å². The highest BCUT2D eigenvalue weighted by Gasteiger charge is 2.33. The quantitative estimate of drug-likeness (QED) is 0.849. The second-order valence-electron chi connectivity index (χ2n) is 5.21. The minimum Gasteiger partial charge on any atom is -0.479 e. The molecule has 1 aliphatic heterocycles. The number of nitrogens with zero attached hydrogens (tertiary/aromatic N) is 1. The van der Waals surface area contributed by atoms with Gasteiger partial charge in [-0.1, -0.05) is 37.3 Å². The first kappa shape index (κ1) is 15.5. The van der Waals surface area contributed by atoms with Crippen LogP contribution in [0.15, 0.2) is 30.3 Å². The van der Waals surface area contributed by atoms with Crippen LogP contribution in [0.25, 0.3) is 0 Å². The molecular formula is C15H20N2O4. The Morgan fingerprint density at radius 2 is 2.05 bits per heavy atom. The van der Waals surface area contributed by atoms with E-state index in [1.165, 1.54) is 4.90 Å². The third-order valence-electron chi connectivity index (χ3n) is 3.77. The van der Waals surface area contributed by atoms with Crippen LogP contribution in [0.5, 0.6) is 0 Å². The van der Waals surface area contributed by atoms with Crippen LogP contribution >= 0.6 is 0 Å². The average Bonchev–Trinajstić information content (AvgIpc) is 2.53. The third kappa shape index (κ3) is 3.59. The normalized spacial score (nSPS) is 21.6. The Morgan fingerprint density at radius 3 is 2.67 bits per heavy atom. The number of hydrogen-bond acceptors (Lipinski definition) is 4. The topological polar surface area (TPSA) is 92.9 Å². The highest BCUT2D eigenvalue weighted by molar-refractivity contribution is 5.81. The fourth-order valence-corrected chi connectivity index (χ4v) is 2.40. The summed E-state index contributed by atoms with van der Waals surface area (Å²) >= 11 is 0. The Kier molecular flexibility index (Phi) is 4.93. The van der Waals surface area contributed by atoms with Crippen molar-refractivity contribution in [3.8, 4) is 0 Å². The smallest absolute Gasteiger partial charge is 0.334 e. The zero-order valence-corrected chi connectivity index (χ0v) is 11.9. The summed E-state index contributed by atoms with van der Waals surface area (Å²) in [6.07, 6.45) is -0.956. The van der Waals surface area contributed by atoms with Gasteiger partial charge in [0.05, 0.1) is 19.1 Å². The van der Waals surface area contributed by atoms with Crippen molar-refractivity contribution in [2.24, 2.45) is 11.7 Å². The molecule has 1 fully saturated rings. The number of morpholine rings is 1. The van der Waals surface area contributed by atoms with Gasteiger partial charge in [-0.05, 0) is 5.56 Å². The number of amides is 1. The first-order valence-electron chi connectivity index (χ1n) is 6.94. The zero-order valence-electron chi connectivity index (χ0n) is 11.9. The SMILES string of the molecule is CC(C(=O)N1CCOC(C(=O)O)C1)C(N)c1ccccc1. The number of rotatable bonds is 4. The molecule has 3 atom stereocenters. The molecule has 6 nitrogen and oxygen atoms in total. The van der Waals surface area contributed by atoms with Crippen molar-refractivity contribution in [3.63, 3.8) is 0 Å². The van der Waals surface area contributed by atoms with Gasteiger partial charge >= 0.3 is 5.97 Å². The Labute approximate surface area is 123 Å². The lowest BCUT2D eigenvalue weighted by atomic mass is 9.94. The standard InChI is InChI=1S/C15H20N2O4/c1-10(13(16)11-5-3-2-4-6-11)14(18)17-7-8-21-12(9-17)15(19)20/h2-6,10,12-13H,7-9,16H2,1H3,(H,19,20). The molecule has 1 aromatic rings. The Balaban J connectivity index is 2.03. The molecule has 0 aromatic heterocycles. The Hall–Kier alpha value is -1.92. The summed E-state index contributed by atoms with van der Waals surface area (Å²) in [5, 5.41) is 8.98. The molecule has 1 heterocycles. The largest absolute Gasteiger partial charge is 0.479 e. The predicted octanol–water partition coefficient (Wildman–Crippen LogP) is 0.635. The van der Waals surface area contributed by atoms with Crippen LogP contribution in [0.1, 0.15) is 18.5 Å². The maximum absolute atomic E-state index is 12.5. The van der Waals surface area contributed by atoms with Crippen LogP contribution in [0.4, 0.5) is 0 Å². The molecule has 6 heteroatoms. The Bertz CT molecular complexity index is 506. The lowest BCUT2D eigenvalue weighted by Crippen LogP contribution is -2.51. The van der Waals surface area contributed by atoms with Crippen molar-refractivity contribution in [1.82, 2.24) is 4.90 Å². The fourth-order valence-electron chi connectivity index (χ4n) is 2.40. The number of aliphatic carboxylic acids is 1.